The third-order valence-corrected chi connectivity index (χ3v) is 6.95. The summed E-state index contributed by atoms with van der Waals surface area (Å²) in [6.07, 6.45) is 0. The zero-order valence-corrected chi connectivity index (χ0v) is 16.4. The molecule has 4 nitrogen and oxygen atoms in total. The molecular weight excluding hydrogens is 417 g/mol. The van der Waals surface area contributed by atoms with Gasteiger partial charge in [0.05, 0.1) is 0 Å². The first-order valence-electron chi connectivity index (χ1n) is 8.34. The van der Waals surface area contributed by atoms with E-state index in [0.717, 1.165) is 4.46 Å². The number of halogens is 1. The SMILES string of the molecule is O=C1C([Se]c2ccc(Cl)cc2)=C(N2CCOCC2)C(=O)c2ccccc21. The van der Waals surface area contributed by atoms with Crippen LogP contribution in [0.4, 0.5) is 0 Å². The standard InChI is InChI=1S/C20H16ClNO3Se/c21-13-5-7-14(8-6-13)26-20-17(22-9-11-25-12-10-22)18(23)15-3-1-2-4-16(15)19(20)24/h1-8H,9-12H2. The number of Topliss-reactive ketones (excluding diaryl/α,β-unsaturated/α-hetero) is 2. The Morgan fingerprint density at radius 1 is 0.885 bits per heavy atom. The number of hydrogen-bond donors (Lipinski definition) is 0. The van der Waals surface area contributed by atoms with Crippen molar-refractivity contribution in [2.24, 2.45) is 0 Å². The van der Waals surface area contributed by atoms with E-state index in [1.54, 1.807) is 24.3 Å². The quantitative estimate of drug-likeness (QED) is 0.698. The average molecular weight is 433 g/mol. The van der Waals surface area contributed by atoms with Crippen molar-refractivity contribution in [1.82, 2.24) is 4.90 Å². The molecule has 0 bridgehead atoms. The van der Waals surface area contributed by atoms with Gasteiger partial charge in [0.2, 0.25) is 0 Å². The zero-order chi connectivity index (χ0) is 18.1. The van der Waals surface area contributed by atoms with Gasteiger partial charge in [-0.25, -0.2) is 0 Å². The van der Waals surface area contributed by atoms with E-state index in [1.165, 1.54) is 0 Å². The molecule has 4 rings (SSSR count). The molecule has 6 heteroatoms. The Hall–Kier alpha value is -1.91. The van der Waals surface area contributed by atoms with Crippen molar-refractivity contribution in [1.29, 1.82) is 0 Å². The van der Waals surface area contributed by atoms with Crippen molar-refractivity contribution in [3.05, 3.63) is 74.8 Å². The summed E-state index contributed by atoms with van der Waals surface area (Å²) in [5.41, 5.74) is 1.54. The van der Waals surface area contributed by atoms with Crippen LogP contribution in [0.3, 0.4) is 0 Å². The predicted octanol–water partition coefficient (Wildman–Crippen LogP) is 2.29. The first-order valence-corrected chi connectivity index (χ1v) is 10.4. The maximum atomic E-state index is 13.2. The number of ether oxygens (including phenoxy) is 1. The van der Waals surface area contributed by atoms with Crippen LogP contribution in [-0.4, -0.2) is 57.7 Å². The van der Waals surface area contributed by atoms with E-state index in [-0.39, 0.29) is 26.5 Å². The van der Waals surface area contributed by atoms with Crippen molar-refractivity contribution in [3.8, 4) is 0 Å². The van der Waals surface area contributed by atoms with Crippen molar-refractivity contribution in [3.63, 3.8) is 0 Å². The molecule has 0 saturated carbocycles. The third-order valence-electron chi connectivity index (χ3n) is 4.41. The molecule has 1 saturated heterocycles. The Bertz CT molecular complexity index is 902. The third kappa shape index (κ3) is 3.24. The first-order chi connectivity index (χ1) is 12.6. The molecule has 1 fully saturated rings. The summed E-state index contributed by atoms with van der Waals surface area (Å²) < 4.78 is 7.05. The summed E-state index contributed by atoms with van der Waals surface area (Å²) in [6.45, 7) is 2.37. The minimum atomic E-state index is -0.279. The van der Waals surface area contributed by atoms with Gasteiger partial charge in [0.15, 0.2) is 0 Å². The van der Waals surface area contributed by atoms with Crippen LogP contribution in [0.5, 0.6) is 0 Å². The van der Waals surface area contributed by atoms with E-state index in [1.807, 2.05) is 29.2 Å². The van der Waals surface area contributed by atoms with Crippen LogP contribution >= 0.6 is 11.6 Å². The van der Waals surface area contributed by atoms with Crippen LogP contribution in [0.1, 0.15) is 20.7 Å². The van der Waals surface area contributed by atoms with Crippen molar-refractivity contribution >= 4 is 42.6 Å². The summed E-state index contributed by atoms with van der Waals surface area (Å²) >= 11 is 5.70. The van der Waals surface area contributed by atoms with Crippen LogP contribution in [0, 0.1) is 0 Å². The second-order valence-corrected chi connectivity index (χ2v) is 8.75. The Morgan fingerprint density at radius 2 is 1.50 bits per heavy atom. The van der Waals surface area contributed by atoms with Gasteiger partial charge in [0, 0.05) is 0 Å². The number of nitrogens with zero attached hydrogens (tertiary/aromatic N) is 1. The average Bonchev–Trinajstić information content (AvgIpc) is 2.68. The molecule has 1 heterocycles. The molecular formula is C20H16ClNO3Se. The molecule has 0 N–H and O–H groups in total. The van der Waals surface area contributed by atoms with Gasteiger partial charge in [-0.2, -0.15) is 0 Å². The fraction of sp³-hybridized carbons (Fsp3) is 0.200. The molecule has 0 amide bonds. The van der Waals surface area contributed by atoms with Gasteiger partial charge in [0.1, 0.15) is 0 Å². The van der Waals surface area contributed by atoms with Gasteiger partial charge >= 0.3 is 163 Å². The topological polar surface area (TPSA) is 46.6 Å². The number of morpholine rings is 1. The van der Waals surface area contributed by atoms with Crippen molar-refractivity contribution < 1.29 is 14.3 Å². The first kappa shape index (κ1) is 17.5. The Labute approximate surface area is 162 Å². The molecule has 0 radical (unpaired) electrons. The van der Waals surface area contributed by atoms with Gasteiger partial charge in [-0.1, -0.05) is 0 Å². The number of allylic oxidation sites excluding steroid dienone is 2. The summed E-state index contributed by atoms with van der Waals surface area (Å²) in [5.74, 6) is -0.107. The summed E-state index contributed by atoms with van der Waals surface area (Å²) in [5, 5.41) is 0.656. The monoisotopic (exact) mass is 433 g/mol. The van der Waals surface area contributed by atoms with Crippen LogP contribution in [-0.2, 0) is 4.74 Å². The summed E-state index contributed by atoms with van der Waals surface area (Å²) in [6, 6.07) is 14.6. The second kappa shape index (κ2) is 7.37. The zero-order valence-electron chi connectivity index (χ0n) is 13.9. The molecule has 2 aromatic carbocycles. The van der Waals surface area contributed by atoms with Crippen LogP contribution in [0.25, 0.3) is 0 Å². The molecule has 0 unspecified atom stereocenters. The number of hydrogen-bond acceptors (Lipinski definition) is 4. The Balaban J connectivity index is 1.81. The van der Waals surface area contributed by atoms with Crippen LogP contribution in [0.2, 0.25) is 5.02 Å². The molecule has 0 spiro atoms. The number of benzene rings is 2. The minimum absolute atomic E-state index is 0.0448. The maximum absolute atomic E-state index is 13.2. The number of carbonyl (C=O) groups excluding carboxylic acids is 2. The van der Waals surface area contributed by atoms with E-state index in [4.69, 9.17) is 16.3 Å². The van der Waals surface area contributed by atoms with Gasteiger partial charge < -0.3 is 0 Å². The second-order valence-electron chi connectivity index (χ2n) is 6.04. The normalized spacial score (nSPS) is 17.5. The summed E-state index contributed by atoms with van der Waals surface area (Å²) in [7, 11) is 0. The molecule has 1 aliphatic carbocycles. The van der Waals surface area contributed by atoms with E-state index in [9.17, 15) is 9.59 Å². The fourth-order valence-corrected chi connectivity index (χ4v) is 5.41. The van der Waals surface area contributed by atoms with E-state index >= 15 is 0 Å². The van der Waals surface area contributed by atoms with Crippen LogP contribution in [0.15, 0.2) is 58.7 Å². The number of carbonyl (C=O) groups is 2. The van der Waals surface area contributed by atoms with Gasteiger partial charge in [-0.15, -0.1) is 0 Å². The van der Waals surface area contributed by atoms with Gasteiger partial charge in [-0.3, -0.25) is 0 Å². The van der Waals surface area contributed by atoms with E-state index in [0.29, 0.717) is 52.6 Å². The number of rotatable bonds is 3. The Morgan fingerprint density at radius 3 is 2.15 bits per heavy atom. The molecule has 1 aliphatic heterocycles. The van der Waals surface area contributed by atoms with E-state index < -0.39 is 0 Å². The Kier molecular flexibility index (Phi) is 4.96. The number of ketones is 2. The number of fused-ring (bicyclic) bond motifs is 1. The molecule has 2 aliphatic rings. The predicted molar refractivity (Wildman–Crippen MR) is 101 cm³/mol. The molecule has 132 valence electrons. The van der Waals surface area contributed by atoms with E-state index in [2.05, 4.69) is 0 Å². The van der Waals surface area contributed by atoms with Gasteiger partial charge in [0.25, 0.3) is 0 Å². The van der Waals surface area contributed by atoms with Crippen LogP contribution < -0.4 is 4.46 Å². The van der Waals surface area contributed by atoms with Crippen molar-refractivity contribution in [2.45, 2.75) is 0 Å². The van der Waals surface area contributed by atoms with Crippen molar-refractivity contribution in [2.75, 3.05) is 26.3 Å². The molecule has 2 aromatic rings. The summed E-state index contributed by atoms with van der Waals surface area (Å²) in [4.78, 5) is 28.4. The molecule has 0 aromatic heterocycles. The molecule has 26 heavy (non-hydrogen) atoms. The molecule has 0 atom stereocenters. The fourth-order valence-electron chi connectivity index (χ4n) is 3.13. The van der Waals surface area contributed by atoms with Gasteiger partial charge in [-0.05, 0) is 0 Å².